The van der Waals surface area contributed by atoms with Crippen molar-refractivity contribution in [2.75, 3.05) is 17.4 Å². The van der Waals surface area contributed by atoms with Crippen LogP contribution in [-0.4, -0.2) is 44.3 Å². The van der Waals surface area contributed by atoms with E-state index in [1.807, 2.05) is 13.8 Å². The molecule has 0 aliphatic rings. The summed E-state index contributed by atoms with van der Waals surface area (Å²) in [6, 6.07) is 16.6. The van der Waals surface area contributed by atoms with Gasteiger partial charge >= 0.3 is 0 Å². The van der Waals surface area contributed by atoms with E-state index in [4.69, 9.17) is 34.8 Å². The van der Waals surface area contributed by atoms with Gasteiger partial charge in [0, 0.05) is 28.2 Å². The van der Waals surface area contributed by atoms with Crippen molar-refractivity contribution in [3.8, 4) is 0 Å². The number of rotatable bonds is 11. The van der Waals surface area contributed by atoms with Crippen LogP contribution in [-0.2, 0) is 26.2 Å². The number of hydrogen-bond donors (Lipinski definition) is 1. The van der Waals surface area contributed by atoms with Crippen LogP contribution in [0.2, 0.25) is 15.1 Å². The van der Waals surface area contributed by atoms with Gasteiger partial charge in [-0.15, -0.1) is 0 Å². The molecule has 0 radical (unpaired) electrons. The largest absolute Gasteiger partial charge is 0.354 e. The van der Waals surface area contributed by atoms with E-state index in [-0.39, 0.29) is 33.1 Å². The molecular formula is C28H30Cl3N3O4S. The third kappa shape index (κ3) is 7.88. The Labute approximate surface area is 244 Å². The molecule has 3 rings (SSSR count). The minimum atomic E-state index is -4.23. The number of sulfonamides is 1. The van der Waals surface area contributed by atoms with Gasteiger partial charge in [0.2, 0.25) is 11.8 Å². The van der Waals surface area contributed by atoms with Gasteiger partial charge in [-0.2, -0.15) is 0 Å². The van der Waals surface area contributed by atoms with E-state index in [0.29, 0.717) is 17.1 Å². The maximum Gasteiger partial charge on any atom is 0.264 e. The Morgan fingerprint density at radius 3 is 2.15 bits per heavy atom. The average Bonchev–Trinajstić information content (AvgIpc) is 2.89. The van der Waals surface area contributed by atoms with Crippen molar-refractivity contribution in [1.82, 2.24) is 10.2 Å². The lowest BCUT2D eigenvalue weighted by atomic mass is 10.1. The van der Waals surface area contributed by atoms with Crippen LogP contribution in [0.1, 0.15) is 31.4 Å². The maximum atomic E-state index is 13.9. The quantitative estimate of drug-likeness (QED) is 0.285. The molecule has 0 heterocycles. The molecule has 2 amide bonds. The van der Waals surface area contributed by atoms with Gasteiger partial charge in [-0.3, -0.25) is 13.9 Å². The Balaban J connectivity index is 2.06. The zero-order valence-corrected chi connectivity index (χ0v) is 24.9. The zero-order valence-electron chi connectivity index (χ0n) is 21.8. The molecule has 0 aliphatic heterocycles. The van der Waals surface area contributed by atoms with Crippen LogP contribution >= 0.6 is 34.8 Å². The topological polar surface area (TPSA) is 86.8 Å². The fourth-order valence-corrected chi connectivity index (χ4v) is 5.95. The molecule has 0 fully saturated rings. The third-order valence-corrected chi connectivity index (χ3v) is 8.63. The monoisotopic (exact) mass is 609 g/mol. The number of carbonyl (C=O) groups excluding carboxylic acids is 2. The normalized spacial score (nSPS) is 12.1. The van der Waals surface area contributed by atoms with Crippen molar-refractivity contribution in [3.05, 3.63) is 92.9 Å². The molecular weight excluding hydrogens is 581 g/mol. The summed E-state index contributed by atoms with van der Waals surface area (Å²) in [5, 5.41) is 3.62. The van der Waals surface area contributed by atoms with Gasteiger partial charge in [0.15, 0.2) is 0 Å². The molecule has 1 N–H and O–H groups in total. The van der Waals surface area contributed by atoms with Gasteiger partial charge in [-0.25, -0.2) is 8.42 Å². The highest BCUT2D eigenvalue weighted by Gasteiger charge is 2.33. The first kappa shape index (κ1) is 30.8. The first-order valence-corrected chi connectivity index (χ1v) is 14.9. The Morgan fingerprint density at radius 1 is 0.949 bits per heavy atom. The number of halogens is 3. The minimum absolute atomic E-state index is 0.00601. The number of benzene rings is 3. The van der Waals surface area contributed by atoms with Gasteiger partial charge in [-0.05, 0) is 62.2 Å². The Bertz CT molecular complexity index is 1410. The first-order valence-electron chi connectivity index (χ1n) is 12.3. The molecule has 0 saturated heterocycles. The predicted octanol–water partition coefficient (Wildman–Crippen LogP) is 6.09. The van der Waals surface area contributed by atoms with Crippen molar-refractivity contribution < 1.29 is 18.0 Å². The van der Waals surface area contributed by atoms with Gasteiger partial charge in [0.25, 0.3) is 10.0 Å². The third-order valence-electron chi connectivity index (χ3n) is 6.04. The molecule has 11 heteroatoms. The van der Waals surface area contributed by atoms with Crippen molar-refractivity contribution in [3.63, 3.8) is 0 Å². The van der Waals surface area contributed by atoms with E-state index in [1.165, 1.54) is 35.2 Å². The summed E-state index contributed by atoms with van der Waals surface area (Å²) in [6.07, 6.45) is 0.717. The van der Waals surface area contributed by atoms with E-state index in [1.54, 1.807) is 43.3 Å². The Kier molecular flexibility index (Phi) is 10.7. The van der Waals surface area contributed by atoms with Gasteiger partial charge in [0.1, 0.15) is 12.6 Å². The molecule has 3 aromatic rings. The van der Waals surface area contributed by atoms with E-state index in [9.17, 15) is 18.0 Å². The maximum absolute atomic E-state index is 13.9. The van der Waals surface area contributed by atoms with E-state index in [2.05, 4.69) is 5.32 Å². The highest BCUT2D eigenvalue weighted by Crippen LogP contribution is 2.30. The summed E-state index contributed by atoms with van der Waals surface area (Å²) in [4.78, 5) is 28.1. The standard InChI is InChI=1S/C28H30Cl3N3O4S/c1-4-13-32-28(36)20(3)33(17-21-7-5-6-8-26(21)31)27(35)18-34(24-15-22(29)14-23(30)16-24)39(37,38)25-11-9-19(2)10-12-25/h5-12,14-16,20H,4,13,17-18H2,1-3H3,(H,32,36). The number of nitrogens with one attached hydrogen (secondary N) is 1. The van der Waals surface area contributed by atoms with Gasteiger partial charge in [0.05, 0.1) is 10.6 Å². The number of aryl methyl sites for hydroxylation is 1. The molecule has 1 unspecified atom stereocenters. The number of hydrogen-bond acceptors (Lipinski definition) is 4. The van der Waals surface area contributed by atoms with Crippen LogP contribution < -0.4 is 9.62 Å². The van der Waals surface area contributed by atoms with Crippen LogP contribution in [0.3, 0.4) is 0 Å². The second-order valence-corrected chi connectivity index (χ2v) is 12.2. The molecule has 1 atom stereocenters. The van der Waals surface area contributed by atoms with Gasteiger partial charge in [-0.1, -0.05) is 77.6 Å². The minimum Gasteiger partial charge on any atom is -0.354 e. The molecule has 0 aromatic heterocycles. The second-order valence-electron chi connectivity index (χ2n) is 9.03. The van der Waals surface area contributed by atoms with Crippen LogP contribution in [0.15, 0.2) is 71.6 Å². The fourth-order valence-electron chi connectivity index (χ4n) is 3.84. The first-order chi connectivity index (χ1) is 18.4. The zero-order chi connectivity index (χ0) is 28.7. The average molecular weight is 611 g/mol. The van der Waals surface area contributed by atoms with Crippen LogP contribution in [0.5, 0.6) is 0 Å². The fraction of sp³-hybridized carbons (Fsp3) is 0.286. The number of amides is 2. The van der Waals surface area contributed by atoms with Crippen molar-refractivity contribution in [1.29, 1.82) is 0 Å². The highest BCUT2D eigenvalue weighted by molar-refractivity contribution is 7.92. The number of nitrogens with zero attached hydrogens (tertiary/aromatic N) is 2. The Hall–Kier alpha value is -2.78. The summed E-state index contributed by atoms with van der Waals surface area (Å²) in [5.41, 5.74) is 1.60. The van der Waals surface area contributed by atoms with Crippen LogP contribution in [0, 0.1) is 6.92 Å². The molecule has 0 bridgehead atoms. The smallest absolute Gasteiger partial charge is 0.264 e. The van der Waals surface area contributed by atoms with Crippen molar-refractivity contribution in [2.45, 2.75) is 44.7 Å². The number of anilines is 1. The molecule has 7 nitrogen and oxygen atoms in total. The lowest BCUT2D eigenvalue weighted by Crippen LogP contribution is -2.51. The summed E-state index contributed by atoms with van der Waals surface area (Å²) in [5.74, 6) is -0.975. The van der Waals surface area contributed by atoms with E-state index in [0.717, 1.165) is 16.3 Å². The summed E-state index contributed by atoms with van der Waals surface area (Å²) < 4.78 is 28.7. The molecule has 39 heavy (non-hydrogen) atoms. The molecule has 0 aliphatic carbocycles. The highest BCUT2D eigenvalue weighted by atomic mass is 35.5. The molecule has 0 spiro atoms. The Morgan fingerprint density at radius 2 is 1.56 bits per heavy atom. The van der Waals surface area contributed by atoms with Crippen LogP contribution in [0.25, 0.3) is 0 Å². The molecule has 208 valence electrons. The van der Waals surface area contributed by atoms with Crippen molar-refractivity contribution in [2.24, 2.45) is 0 Å². The SMILES string of the molecule is CCCNC(=O)C(C)N(Cc1ccccc1Cl)C(=O)CN(c1cc(Cl)cc(Cl)c1)S(=O)(=O)c1ccc(C)cc1. The van der Waals surface area contributed by atoms with E-state index < -0.39 is 28.5 Å². The molecule has 3 aromatic carbocycles. The lowest BCUT2D eigenvalue weighted by molar-refractivity contribution is -0.139. The van der Waals surface area contributed by atoms with Crippen LogP contribution in [0.4, 0.5) is 5.69 Å². The second kappa shape index (κ2) is 13.5. The molecule has 0 saturated carbocycles. The summed E-state index contributed by atoms with van der Waals surface area (Å²) in [6.45, 7) is 5.17. The van der Waals surface area contributed by atoms with Crippen molar-refractivity contribution >= 4 is 62.3 Å². The lowest BCUT2D eigenvalue weighted by Gasteiger charge is -2.32. The van der Waals surface area contributed by atoms with E-state index >= 15 is 0 Å². The number of carbonyl (C=O) groups is 2. The predicted molar refractivity (Wildman–Crippen MR) is 157 cm³/mol. The van der Waals surface area contributed by atoms with Gasteiger partial charge < -0.3 is 10.2 Å². The summed E-state index contributed by atoms with van der Waals surface area (Å²) in [7, 11) is -4.23. The summed E-state index contributed by atoms with van der Waals surface area (Å²) >= 11 is 18.8.